The molecule has 0 aliphatic rings. The number of halogens is 1. The van der Waals surface area contributed by atoms with Crippen LogP contribution in [0, 0.1) is 17.1 Å². The summed E-state index contributed by atoms with van der Waals surface area (Å²) in [5.74, 6) is -0.0917. The molecule has 1 unspecified atom stereocenters. The van der Waals surface area contributed by atoms with Gasteiger partial charge in [0.1, 0.15) is 23.7 Å². The van der Waals surface area contributed by atoms with Crippen LogP contribution in [0.25, 0.3) is 0 Å². The van der Waals surface area contributed by atoms with Gasteiger partial charge < -0.3 is 9.16 Å². The van der Waals surface area contributed by atoms with Crippen molar-refractivity contribution in [3.05, 3.63) is 59.7 Å². The first kappa shape index (κ1) is 22.1. The molecule has 1 atom stereocenters. The van der Waals surface area contributed by atoms with Crippen LogP contribution in [0.1, 0.15) is 51.0 Å². The van der Waals surface area contributed by atoms with Crippen molar-refractivity contribution in [2.45, 2.75) is 57.8 Å². The van der Waals surface area contributed by atoms with Gasteiger partial charge in [0, 0.05) is 12.8 Å². The van der Waals surface area contributed by atoms with E-state index in [0.717, 1.165) is 12.1 Å². The van der Waals surface area contributed by atoms with Gasteiger partial charge in [-0.25, -0.2) is 4.39 Å². The molecule has 0 radical (unpaired) electrons. The Morgan fingerprint density at radius 2 is 1.96 bits per heavy atom. The second-order valence-corrected chi connectivity index (χ2v) is 13.2. The largest absolute Gasteiger partial charge is 0.483 e. The van der Waals surface area contributed by atoms with Crippen molar-refractivity contribution in [1.82, 2.24) is 4.98 Å². The maximum absolute atomic E-state index is 13.4. The minimum absolute atomic E-state index is 0.166. The molecule has 0 fully saturated rings. The number of ether oxygens (including phenoxy) is 1. The SMILES string of the molecule is CC(C)(C)[Si](C)(C)OCCCC(Oc1ccc(F)cc1C#N)c1ccccn1. The van der Waals surface area contributed by atoms with E-state index in [9.17, 15) is 9.65 Å². The molecule has 150 valence electrons. The van der Waals surface area contributed by atoms with Crippen LogP contribution in [-0.2, 0) is 4.43 Å². The van der Waals surface area contributed by atoms with Gasteiger partial charge in [-0.05, 0) is 61.3 Å². The summed E-state index contributed by atoms with van der Waals surface area (Å²) in [4.78, 5) is 4.40. The van der Waals surface area contributed by atoms with Gasteiger partial charge in [-0.2, -0.15) is 5.26 Å². The van der Waals surface area contributed by atoms with Gasteiger partial charge in [0.05, 0.1) is 11.3 Å². The topological polar surface area (TPSA) is 55.1 Å². The summed E-state index contributed by atoms with van der Waals surface area (Å²) in [6.07, 6.45) is 2.88. The molecule has 4 nitrogen and oxygen atoms in total. The Labute approximate surface area is 168 Å². The van der Waals surface area contributed by atoms with Crippen LogP contribution in [0.15, 0.2) is 42.6 Å². The zero-order valence-electron chi connectivity index (χ0n) is 17.3. The Bertz CT molecular complexity index is 814. The quantitative estimate of drug-likeness (QED) is 0.402. The Hall–Kier alpha value is -2.23. The van der Waals surface area contributed by atoms with Crippen LogP contribution >= 0.6 is 0 Å². The van der Waals surface area contributed by atoms with E-state index < -0.39 is 14.1 Å². The molecule has 28 heavy (non-hydrogen) atoms. The third-order valence-electron chi connectivity index (χ3n) is 5.23. The fourth-order valence-electron chi connectivity index (χ4n) is 2.49. The molecule has 0 saturated carbocycles. The van der Waals surface area contributed by atoms with E-state index in [2.05, 4.69) is 38.8 Å². The third-order valence-corrected chi connectivity index (χ3v) is 9.77. The number of aromatic nitrogens is 1. The molecule has 1 heterocycles. The first-order valence-electron chi connectivity index (χ1n) is 9.55. The summed E-state index contributed by atoms with van der Waals surface area (Å²) in [5.41, 5.74) is 0.960. The highest BCUT2D eigenvalue weighted by atomic mass is 28.4. The summed E-state index contributed by atoms with van der Waals surface area (Å²) < 4.78 is 25.8. The predicted molar refractivity (Wildman–Crippen MR) is 111 cm³/mol. The van der Waals surface area contributed by atoms with Crippen molar-refractivity contribution in [2.24, 2.45) is 0 Å². The normalized spacial score (nSPS) is 13.0. The van der Waals surface area contributed by atoms with E-state index in [-0.39, 0.29) is 16.7 Å². The van der Waals surface area contributed by atoms with Crippen LogP contribution in [0.5, 0.6) is 5.75 Å². The fraction of sp³-hybridized carbons (Fsp3) is 0.455. The van der Waals surface area contributed by atoms with Crippen molar-refractivity contribution in [1.29, 1.82) is 5.26 Å². The van der Waals surface area contributed by atoms with Gasteiger partial charge in [-0.1, -0.05) is 26.8 Å². The first-order chi connectivity index (χ1) is 13.1. The number of rotatable bonds is 8. The standard InChI is InChI=1S/C22H29FN2O2Si/c1-22(2,3)28(4,5)26-14-8-10-21(19-9-6-7-13-25-19)27-20-12-11-18(23)15-17(20)16-24/h6-7,9,11-13,15,21H,8,10,14H2,1-5H3. The second-order valence-electron chi connectivity index (χ2n) is 8.36. The van der Waals surface area contributed by atoms with Crippen molar-refractivity contribution in [3.63, 3.8) is 0 Å². The molecule has 6 heteroatoms. The van der Waals surface area contributed by atoms with Crippen LogP contribution < -0.4 is 4.74 Å². The lowest BCUT2D eigenvalue weighted by Gasteiger charge is -2.36. The van der Waals surface area contributed by atoms with E-state index in [1.54, 1.807) is 6.20 Å². The first-order valence-corrected chi connectivity index (χ1v) is 12.5. The van der Waals surface area contributed by atoms with E-state index in [0.29, 0.717) is 18.8 Å². The summed E-state index contributed by atoms with van der Waals surface area (Å²) in [5, 5.41) is 9.44. The minimum Gasteiger partial charge on any atom is -0.483 e. The second kappa shape index (κ2) is 9.31. The summed E-state index contributed by atoms with van der Waals surface area (Å²) >= 11 is 0. The number of nitriles is 1. The van der Waals surface area contributed by atoms with E-state index in [1.165, 1.54) is 18.2 Å². The Morgan fingerprint density at radius 3 is 2.57 bits per heavy atom. The average molecular weight is 401 g/mol. The lowest BCUT2D eigenvalue weighted by Crippen LogP contribution is -2.41. The zero-order valence-corrected chi connectivity index (χ0v) is 18.3. The zero-order chi connectivity index (χ0) is 20.8. The van der Waals surface area contributed by atoms with Gasteiger partial charge in [0.15, 0.2) is 8.32 Å². The van der Waals surface area contributed by atoms with Crippen molar-refractivity contribution in [2.75, 3.05) is 6.61 Å². The Balaban J connectivity index is 2.09. The van der Waals surface area contributed by atoms with Gasteiger partial charge in [-0.3, -0.25) is 4.98 Å². The summed E-state index contributed by atoms with van der Waals surface area (Å²) in [6, 6.07) is 11.6. The van der Waals surface area contributed by atoms with E-state index >= 15 is 0 Å². The Morgan fingerprint density at radius 1 is 1.21 bits per heavy atom. The minimum atomic E-state index is -1.79. The molecule has 1 aromatic carbocycles. The number of hydrogen-bond donors (Lipinski definition) is 0. The van der Waals surface area contributed by atoms with E-state index in [1.807, 2.05) is 24.3 Å². The molecule has 2 rings (SSSR count). The van der Waals surface area contributed by atoms with Crippen molar-refractivity contribution >= 4 is 8.32 Å². The lowest BCUT2D eigenvalue weighted by atomic mass is 10.1. The molecule has 0 amide bonds. The average Bonchev–Trinajstić information content (AvgIpc) is 2.65. The highest BCUT2D eigenvalue weighted by Crippen LogP contribution is 2.37. The lowest BCUT2D eigenvalue weighted by molar-refractivity contribution is 0.172. The molecule has 0 aliphatic heterocycles. The molecule has 0 N–H and O–H groups in total. The maximum atomic E-state index is 13.4. The van der Waals surface area contributed by atoms with Gasteiger partial charge in [0.25, 0.3) is 0 Å². The fourth-order valence-corrected chi connectivity index (χ4v) is 3.58. The summed E-state index contributed by atoms with van der Waals surface area (Å²) in [6.45, 7) is 11.8. The van der Waals surface area contributed by atoms with Gasteiger partial charge in [0.2, 0.25) is 0 Å². The van der Waals surface area contributed by atoms with Crippen molar-refractivity contribution < 1.29 is 13.6 Å². The molecular weight excluding hydrogens is 371 g/mol. The van der Waals surface area contributed by atoms with Crippen LogP contribution in [0.4, 0.5) is 4.39 Å². The third kappa shape index (κ3) is 5.88. The smallest absolute Gasteiger partial charge is 0.191 e. The molecule has 0 spiro atoms. The number of nitrogens with zero attached hydrogens (tertiary/aromatic N) is 2. The number of pyridine rings is 1. The van der Waals surface area contributed by atoms with Crippen LogP contribution in [0.2, 0.25) is 18.1 Å². The highest BCUT2D eigenvalue weighted by Gasteiger charge is 2.36. The van der Waals surface area contributed by atoms with Crippen LogP contribution in [0.3, 0.4) is 0 Å². The molecule has 2 aromatic rings. The maximum Gasteiger partial charge on any atom is 0.191 e. The molecule has 0 saturated heterocycles. The molecular formula is C22H29FN2O2Si. The molecule has 1 aromatic heterocycles. The monoisotopic (exact) mass is 400 g/mol. The predicted octanol–water partition coefficient (Wildman–Crippen LogP) is 6.01. The van der Waals surface area contributed by atoms with Crippen molar-refractivity contribution in [3.8, 4) is 11.8 Å². The Kier molecular flexibility index (Phi) is 7.33. The van der Waals surface area contributed by atoms with E-state index in [4.69, 9.17) is 9.16 Å². The summed E-state index contributed by atoms with van der Waals surface area (Å²) in [7, 11) is -1.79. The van der Waals surface area contributed by atoms with Gasteiger partial charge >= 0.3 is 0 Å². The van der Waals surface area contributed by atoms with Gasteiger partial charge in [-0.15, -0.1) is 0 Å². The van der Waals surface area contributed by atoms with Crippen LogP contribution in [-0.4, -0.2) is 19.9 Å². The molecule has 0 aliphatic carbocycles. The molecule has 0 bridgehead atoms. The number of hydrogen-bond acceptors (Lipinski definition) is 4. The number of benzene rings is 1. The highest BCUT2D eigenvalue weighted by molar-refractivity contribution is 6.74.